The number of carbonyl (C=O) groups excluding carboxylic acids is 1. The lowest BCUT2D eigenvalue weighted by Gasteiger charge is -2.18. The molecule has 1 aromatic heterocycles. The first-order valence-electron chi connectivity index (χ1n) is 6.05. The van der Waals surface area contributed by atoms with Crippen molar-refractivity contribution in [3.63, 3.8) is 0 Å². The topological polar surface area (TPSA) is 82.2 Å². The molecule has 0 saturated carbocycles. The van der Waals surface area contributed by atoms with Gasteiger partial charge in [-0.2, -0.15) is 0 Å². The molecule has 1 rings (SSSR count). The van der Waals surface area contributed by atoms with Gasteiger partial charge in [0.15, 0.2) is 0 Å². The summed E-state index contributed by atoms with van der Waals surface area (Å²) in [7, 11) is 0. The van der Waals surface area contributed by atoms with E-state index < -0.39 is 0 Å². The average molecular weight is 252 g/mol. The van der Waals surface area contributed by atoms with E-state index in [1.165, 1.54) is 12.1 Å². The summed E-state index contributed by atoms with van der Waals surface area (Å²) in [6.45, 7) is 5.64. The Kier molecular flexibility index (Phi) is 5.09. The fraction of sp³-hybridized carbons (Fsp3) is 0.538. The summed E-state index contributed by atoms with van der Waals surface area (Å²) in [5.41, 5.74) is 0.725. The lowest BCUT2D eigenvalue weighted by Crippen LogP contribution is -2.39. The van der Waals surface area contributed by atoms with Crippen molar-refractivity contribution < 1.29 is 9.90 Å². The maximum atomic E-state index is 12.0. The zero-order chi connectivity index (χ0) is 13.7. The van der Waals surface area contributed by atoms with Crippen molar-refractivity contribution in [2.24, 2.45) is 5.92 Å². The molecule has 1 atom stereocenters. The van der Waals surface area contributed by atoms with Crippen molar-refractivity contribution in [1.82, 2.24) is 10.3 Å². The van der Waals surface area contributed by atoms with Crippen molar-refractivity contribution in [3.05, 3.63) is 33.7 Å². The normalized spacial score (nSPS) is 12.5. The number of aryl methyl sites for hydroxylation is 1. The number of aliphatic hydroxyl groups is 1. The van der Waals surface area contributed by atoms with E-state index in [4.69, 9.17) is 0 Å². The first-order chi connectivity index (χ1) is 8.43. The van der Waals surface area contributed by atoms with Gasteiger partial charge in [-0.1, -0.05) is 13.8 Å². The molecule has 0 bridgehead atoms. The highest BCUT2D eigenvalue weighted by atomic mass is 16.3. The molecule has 0 spiro atoms. The Balaban J connectivity index is 2.77. The zero-order valence-corrected chi connectivity index (χ0v) is 11.0. The number of aromatic amines is 1. The summed E-state index contributed by atoms with van der Waals surface area (Å²) in [4.78, 5) is 25.6. The second-order valence-electron chi connectivity index (χ2n) is 4.84. The van der Waals surface area contributed by atoms with Gasteiger partial charge in [0.05, 0.1) is 18.2 Å². The Labute approximate surface area is 106 Å². The van der Waals surface area contributed by atoms with E-state index in [2.05, 4.69) is 10.3 Å². The van der Waals surface area contributed by atoms with E-state index in [0.717, 1.165) is 0 Å². The fourth-order valence-electron chi connectivity index (χ4n) is 1.84. The van der Waals surface area contributed by atoms with Crippen molar-refractivity contribution in [1.29, 1.82) is 0 Å². The molecule has 1 heterocycles. The van der Waals surface area contributed by atoms with Crippen LogP contribution in [0, 0.1) is 12.8 Å². The van der Waals surface area contributed by atoms with E-state index in [1.807, 2.05) is 13.8 Å². The molecule has 5 nitrogen and oxygen atoms in total. The van der Waals surface area contributed by atoms with Gasteiger partial charge >= 0.3 is 0 Å². The van der Waals surface area contributed by atoms with E-state index in [-0.39, 0.29) is 24.1 Å². The summed E-state index contributed by atoms with van der Waals surface area (Å²) >= 11 is 0. The number of hydrogen-bond donors (Lipinski definition) is 3. The lowest BCUT2D eigenvalue weighted by atomic mass is 10.0. The predicted octanol–water partition coefficient (Wildman–Crippen LogP) is 0.820. The first-order valence-corrected chi connectivity index (χ1v) is 6.05. The number of H-pyrrole nitrogens is 1. The molecule has 3 N–H and O–H groups in total. The van der Waals surface area contributed by atoms with Crippen LogP contribution in [-0.2, 0) is 0 Å². The number of carbonyl (C=O) groups is 1. The summed E-state index contributed by atoms with van der Waals surface area (Å²) in [6, 6.07) is 2.55. The van der Waals surface area contributed by atoms with Gasteiger partial charge in [-0.25, -0.2) is 0 Å². The number of aromatic nitrogens is 1. The molecule has 0 aromatic carbocycles. The number of nitrogens with one attached hydrogen (secondary N) is 2. The van der Waals surface area contributed by atoms with Crippen LogP contribution >= 0.6 is 0 Å². The Morgan fingerprint density at radius 2 is 2.11 bits per heavy atom. The van der Waals surface area contributed by atoms with Gasteiger partial charge in [0.2, 0.25) is 5.56 Å². The van der Waals surface area contributed by atoms with Crippen LogP contribution < -0.4 is 10.9 Å². The van der Waals surface area contributed by atoms with Crippen LogP contribution in [0.3, 0.4) is 0 Å². The summed E-state index contributed by atoms with van der Waals surface area (Å²) in [5.74, 6) is 0.113. The summed E-state index contributed by atoms with van der Waals surface area (Å²) < 4.78 is 0. The van der Waals surface area contributed by atoms with Crippen molar-refractivity contribution in [2.75, 3.05) is 6.61 Å². The largest absolute Gasteiger partial charge is 0.394 e. The van der Waals surface area contributed by atoms with Crippen LogP contribution in [0.4, 0.5) is 0 Å². The van der Waals surface area contributed by atoms with Crippen LogP contribution in [0.5, 0.6) is 0 Å². The monoisotopic (exact) mass is 252 g/mol. The second kappa shape index (κ2) is 6.35. The van der Waals surface area contributed by atoms with Crippen molar-refractivity contribution in [3.8, 4) is 0 Å². The molecule has 0 aliphatic carbocycles. The summed E-state index contributed by atoms with van der Waals surface area (Å²) in [5, 5.41) is 12.0. The van der Waals surface area contributed by atoms with Gasteiger partial charge in [-0.3, -0.25) is 9.59 Å². The van der Waals surface area contributed by atoms with E-state index >= 15 is 0 Å². The Bertz CT molecular complexity index is 466. The Morgan fingerprint density at radius 3 is 2.61 bits per heavy atom. The molecular formula is C13H20N2O3. The average Bonchev–Trinajstić information content (AvgIpc) is 2.27. The highest BCUT2D eigenvalue weighted by molar-refractivity contribution is 5.95. The molecule has 100 valence electrons. The minimum atomic E-state index is -0.275. The number of amides is 1. The standard InChI is InChI=1S/C13H20N2O3/c1-8(2)6-10(7-16)15-13(18)11-4-5-12(17)14-9(11)3/h4-5,8,10,16H,6-7H2,1-3H3,(H,14,17)(H,15,18). The van der Waals surface area contributed by atoms with Crippen LogP contribution in [0.2, 0.25) is 0 Å². The van der Waals surface area contributed by atoms with E-state index in [0.29, 0.717) is 23.6 Å². The number of hydrogen-bond acceptors (Lipinski definition) is 3. The molecule has 1 aromatic rings. The fourth-order valence-corrected chi connectivity index (χ4v) is 1.84. The highest BCUT2D eigenvalue weighted by Gasteiger charge is 2.15. The second-order valence-corrected chi connectivity index (χ2v) is 4.84. The zero-order valence-electron chi connectivity index (χ0n) is 11.0. The SMILES string of the molecule is Cc1[nH]c(=O)ccc1C(=O)NC(CO)CC(C)C. The highest BCUT2D eigenvalue weighted by Crippen LogP contribution is 2.07. The summed E-state index contributed by atoms with van der Waals surface area (Å²) in [6.07, 6.45) is 0.713. The third-order valence-electron chi connectivity index (χ3n) is 2.67. The Morgan fingerprint density at radius 1 is 1.44 bits per heavy atom. The van der Waals surface area contributed by atoms with Gasteiger partial charge in [-0.05, 0) is 25.3 Å². The van der Waals surface area contributed by atoms with E-state index in [9.17, 15) is 14.7 Å². The predicted molar refractivity (Wildman–Crippen MR) is 69.6 cm³/mol. The number of rotatable bonds is 5. The molecule has 0 saturated heterocycles. The molecule has 0 aliphatic rings. The van der Waals surface area contributed by atoms with Gasteiger partial charge in [0.1, 0.15) is 0 Å². The first kappa shape index (κ1) is 14.4. The maximum absolute atomic E-state index is 12.0. The third-order valence-corrected chi connectivity index (χ3v) is 2.67. The lowest BCUT2D eigenvalue weighted by molar-refractivity contribution is 0.0907. The number of aliphatic hydroxyl groups excluding tert-OH is 1. The maximum Gasteiger partial charge on any atom is 0.253 e. The van der Waals surface area contributed by atoms with Gasteiger partial charge in [0.25, 0.3) is 5.91 Å². The quantitative estimate of drug-likeness (QED) is 0.725. The Hall–Kier alpha value is -1.62. The molecular weight excluding hydrogens is 232 g/mol. The van der Waals surface area contributed by atoms with E-state index in [1.54, 1.807) is 6.92 Å². The molecule has 5 heteroatoms. The van der Waals surface area contributed by atoms with Crippen molar-refractivity contribution >= 4 is 5.91 Å². The van der Waals surface area contributed by atoms with Crippen LogP contribution in [0.15, 0.2) is 16.9 Å². The molecule has 18 heavy (non-hydrogen) atoms. The molecule has 1 unspecified atom stereocenters. The van der Waals surface area contributed by atoms with Crippen LogP contribution in [0.1, 0.15) is 36.3 Å². The minimum Gasteiger partial charge on any atom is -0.394 e. The van der Waals surface area contributed by atoms with Crippen LogP contribution in [0.25, 0.3) is 0 Å². The third kappa shape index (κ3) is 4.00. The number of pyridine rings is 1. The molecule has 0 fully saturated rings. The smallest absolute Gasteiger partial charge is 0.253 e. The molecule has 1 amide bonds. The molecule has 0 aliphatic heterocycles. The van der Waals surface area contributed by atoms with Gasteiger partial charge < -0.3 is 15.4 Å². The van der Waals surface area contributed by atoms with Crippen LogP contribution in [-0.4, -0.2) is 28.6 Å². The van der Waals surface area contributed by atoms with Gasteiger partial charge in [0, 0.05) is 11.8 Å². The van der Waals surface area contributed by atoms with Gasteiger partial charge in [-0.15, -0.1) is 0 Å². The van der Waals surface area contributed by atoms with Crippen molar-refractivity contribution in [2.45, 2.75) is 33.2 Å². The minimum absolute atomic E-state index is 0.0910. The molecule has 0 radical (unpaired) electrons.